The van der Waals surface area contributed by atoms with Crippen LogP contribution in [-0.4, -0.2) is 55.6 Å². The standard InChI is InChI=1S/C21H32N4O2.HI/c1-3-19(26)25-12-10-18(15-25)24-21(22-4-2)23-14-17-11-13-27-20(17)16-8-6-5-7-9-16;/h5-9,17-18,20H,3-4,10-15H2,1-2H3,(H2,22,23,24);1H. The van der Waals surface area contributed by atoms with E-state index in [-0.39, 0.29) is 42.0 Å². The molecule has 156 valence electrons. The summed E-state index contributed by atoms with van der Waals surface area (Å²) < 4.78 is 5.98. The minimum absolute atomic E-state index is 0. The maximum absolute atomic E-state index is 11.9. The Bertz CT molecular complexity index is 641. The van der Waals surface area contributed by atoms with Crippen molar-refractivity contribution < 1.29 is 9.53 Å². The lowest BCUT2D eigenvalue weighted by atomic mass is 9.95. The maximum Gasteiger partial charge on any atom is 0.222 e. The summed E-state index contributed by atoms with van der Waals surface area (Å²) in [5.74, 6) is 1.46. The minimum atomic E-state index is 0. The summed E-state index contributed by atoms with van der Waals surface area (Å²) in [6.45, 7) is 7.93. The number of halogens is 1. The van der Waals surface area contributed by atoms with Gasteiger partial charge in [-0.2, -0.15) is 0 Å². The Hall–Kier alpha value is -1.35. The van der Waals surface area contributed by atoms with Crippen molar-refractivity contribution in [3.05, 3.63) is 35.9 Å². The molecule has 7 heteroatoms. The number of amides is 1. The van der Waals surface area contributed by atoms with Gasteiger partial charge >= 0.3 is 0 Å². The van der Waals surface area contributed by atoms with E-state index in [1.807, 2.05) is 17.9 Å². The minimum Gasteiger partial charge on any atom is -0.373 e. The van der Waals surface area contributed by atoms with Crippen LogP contribution in [-0.2, 0) is 9.53 Å². The molecule has 3 unspecified atom stereocenters. The second kappa shape index (κ2) is 11.6. The number of nitrogens with zero attached hydrogens (tertiary/aromatic N) is 2. The van der Waals surface area contributed by atoms with E-state index < -0.39 is 0 Å². The molecule has 3 rings (SSSR count). The highest BCUT2D eigenvalue weighted by Gasteiger charge is 2.30. The van der Waals surface area contributed by atoms with Gasteiger partial charge in [0.2, 0.25) is 5.91 Å². The first-order chi connectivity index (χ1) is 13.2. The Morgan fingerprint density at radius 1 is 1.25 bits per heavy atom. The molecule has 2 aliphatic heterocycles. The maximum atomic E-state index is 11.9. The van der Waals surface area contributed by atoms with Crippen LogP contribution in [0.4, 0.5) is 0 Å². The monoisotopic (exact) mass is 500 g/mol. The summed E-state index contributed by atoms with van der Waals surface area (Å²) in [4.78, 5) is 18.7. The molecule has 28 heavy (non-hydrogen) atoms. The van der Waals surface area contributed by atoms with Gasteiger partial charge in [-0.1, -0.05) is 37.3 Å². The molecule has 1 aromatic carbocycles. The van der Waals surface area contributed by atoms with Crippen LogP contribution >= 0.6 is 24.0 Å². The van der Waals surface area contributed by atoms with Crippen molar-refractivity contribution in [2.75, 3.05) is 32.8 Å². The van der Waals surface area contributed by atoms with Crippen molar-refractivity contribution >= 4 is 35.8 Å². The largest absolute Gasteiger partial charge is 0.373 e. The van der Waals surface area contributed by atoms with Crippen LogP contribution in [0.2, 0.25) is 0 Å². The predicted octanol–water partition coefficient (Wildman–Crippen LogP) is 2.95. The van der Waals surface area contributed by atoms with E-state index in [1.165, 1.54) is 5.56 Å². The highest BCUT2D eigenvalue weighted by Crippen LogP contribution is 2.34. The molecule has 1 aromatic rings. The van der Waals surface area contributed by atoms with Crippen LogP contribution in [0.1, 0.15) is 44.8 Å². The van der Waals surface area contributed by atoms with Crippen LogP contribution in [0.15, 0.2) is 35.3 Å². The normalized spacial score (nSPS) is 24.7. The van der Waals surface area contributed by atoms with Crippen molar-refractivity contribution in [1.29, 1.82) is 0 Å². The van der Waals surface area contributed by atoms with E-state index in [2.05, 4.69) is 41.8 Å². The number of guanidine groups is 1. The fourth-order valence-electron chi connectivity index (χ4n) is 3.88. The molecule has 0 spiro atoms. The average Bonchev–Trinajstić information content (AvgIpc) is 3.36. The van der Waals surface area contributed by atoms with Crippen molar-refractivity contribution in [3.8, 4) is 0 Å². The number of hydrogen-bond acceptors (Lipinski definition) is 3. The quantitative estimate of drug-likeness (QED) is 0.358. The van der Waals surface area contributed by atoms with Crippen LogP contribution in [0.25, 0.3) is 0 Å². The molecule has 6 nitrogen and oxygen atoms in total. The van der Waals surface area contributed by atoms with Gasteiger partial charge in [-0.15, -0.1) is 24.0 Å². The van der Waals surface area contributed by atoms with Crippen molar-refractivity contribution in [1.82, 2.24) is 15.5 Å². The first-order valence-corrected chi connectivity index (χ1v) is 10.2. The Morgan fingerprint density at radius 2 is 2.04 bits per heavy atom. The molecule has 0 radical (unpaired) electrons. The molecule has 2 saturated heterocycles. The van der Waals surface area contributed by atoms with E-state index >= 15 is 0 Å². The third kappa shape index (κ3) is 6.07. The molecular weight excluding hydrogens is 467 g/mol. The van der Waals surface area contributed by atoms with Gasteiger partial charge in [-0.25, -0.2) is 0 Å². The van der Waals surface area contributed by atoms with Gasteiger partial charge in [0.15, 0.2) is 5.96 Å². The first-order valence-electron chi connectivity index (χ1n) is 10.2. The third-order valence-electron chi connectivity index (χ3n) is 5.35. The van der Waals surface area contributed by atoms with E-state index in [0.29, 0.717) is 12.3 Å². The topological polar surface area (TPSA) is 66.0 Å². The number of rotatable bonds is 6. The number of ether oxygens (including phenoxy) is 1. The van der Waals surface area contributed by atoms with Gasteiger partial charge in [0.05, 0.1) is 6.10 Å². The Balaban J connectivity index is 0.00000280. The van der Waals surface area contributed by atoms with Crippen molar-refractivity contribution in [3.63, 3.8) is 0 Å². The molecule has 0 saturated carbocycles. The molecule has 0 bridgehead atoms. The third-order valence-corrected chi connectivity index (χ3v) is 5.35. The number of hydrogen-bond donors (Lipinski definition) is 2. The van der Waals surface area contributed by atoms with Crippen LogP contribution < -0.4 is 10.6 Å². The van der Waals surface area contributed by atoms with Gasteiger partial charge in [0.25, 0.3) is 0 Å². The molecule has 0 aromatic heterocycles. The zero-order valence-electron chi connectivity index (χ0n) is 16.9. The molecule has 2 aliphatic rings. The molecule has 3 atom stereocenters. The summed E-state index contributed by atoms with van der Waals surface area (Å²) in [6, 6.07) is 10.7. The lowest BCUT2D eigenvalue weighted by Gasteiger charge is -2.20. The smallest absolute Gasteiger partial charge is 0.222 e. The average molecular weight is 500 g/mol. The molecule has 2 N–H and O–H groups in total. The van der Waals surface area contributed by atoms with Crippen LogP contribution in [0, 0.1) is 5.92 Å². The SMILES string of the molecule is CCNC(=NCC1CCOC1c1ccccc1)NC1CCN(C(=O)CC)C1.I. The van der Waals surface area contributed by atoms with Gasteiger partial charge in [0, 0.05) is 51.2 Å². The van der Waals surface area contributed by atoms with Gasteiger partial charge in [-0.3, -0.25) is 9.79 Å². The lowest BCUT2D eigenvalue weighted by molar-refractivity contribution is -0.129. The molecule has 2 fully saturated rings. The van der Waals surface area contributed by atoms with Gasteiger partial charge in [-0.05, 0) is 25.3 Å². The van der Waals surface area contributed by atoms with Gasteiger partial charge in [0.1, 0.15) is 0 Å². The number of carbonyl (C=O) groups is 1. The number of carbonyl (C=O) groups excluding carboxylic acids is 1. The zero-order chi connectivity index (χ0) is 19.1. The molecule has 0 aliphatic carbocycles. The first kappa shape index (κ1) is 22.9. The fourth-order valence-corrected chi connectivity index (χ4v) is 3.88. The number of aliphatic imine (C=N–C) groups is 1. The van der Waals surface area contributed by atoms with Crippen molar-refractivity contribution in [2.45, 2.75) is 45.3 Å². The summed E-state index contributed by atoms with van der Waals surface area (Å²) >= 11 is 0. The summed E-state index contributed by atoms with van der Waals surface area (Å²) in [5.41, 5.74) is 1.23. The van der Waals surface area contributed by atoms with Crippen molar-refractivity contribution in [2.24, 2.45) is 10.9 Å². The number of likely N-dealkylation sites (tertiary alicyclic amines) is 1. The summed E-state index contributed by atoms with van der Waals surface area (Å²) in [7, 11) is 0. The van der Waals surface area contributed by atoms with Crippen LogP contribution in [0.5, 0.6) is 0 Å². The molecule has 1 amide bonds. The van der Waals surface area contributed by atoms with E-state index in [1.54, 1.807) is 0 Å². The number of nitrogens with one attached hydrogen (secondary N) is 2. The Morgan fingerprint density at radius 3 is 2.75 bits per heavy atom. The van der Waals surface area contributed by atoms with Gasteiger partial charge < -0.3 is 20.3 Å². The van der Waals surface area contributed by atoms with E-state index in [9.17, 15) is 4.79 Å². The fraction of sp³-hybridized carbons (Fsp3) is 0.619. The number of benzene rings is 1. The zero-order valence-corrected chi connectivity index (χ0v) is 19.2. The summed E-state index contributed by atoms with van der Waals surface area (Å²) in [5, 5.41) is 6.85. The highest BCUT2D eigenvalue weighted by atomic mass is 127. The lowest BCUT2D eigenvalue weighted by Crippen LogP contribution is -2.45. The summed E-state index contributed by atoms with van der Waals surface area (Å²) in [6.07, 6.45) is 2.70. The Labute approximate surface area is 185 Å². The molecular formula is C21H33IN4O2. The van der Waals surface area contributed by atoms with Crippen LogP contribution in [0.3, 0.4) is 0 Å². The predicted molar refractivity (Wildman–Crippen MR) is 123 cm³/mol. The van der Waals surface area contributed by atoms with E-state index in [0.717, 1.165) is 51.6 Å². The molecule has 2 heterocycles. The Kier molecular flexibility index (Phi) is 9.50. The second-order valence-electron chi connectivity index (χ2n) is 7.29. The highest BCUT2D eigenvalue weighted by molar-refractivity contribution is 14.0. The van der Waals surface area contributed by atoms with E-state index in [4.69, 9.17) is 9.73 Å². The second-order valence-corrected chi connectivity index (χ2v) is 7.29.